The summed E-state index contributed by atoms with van der Waals surface area (Å²) in [6.07, 6.45) is 4.26. The summed E-state index contributed by atoms with van der Waals surface area (Å²) in [6.45, 7) is 17.1. The first kappa shape index (κ1) is 24.1. The molecule has 0 heterocycles. The van der Waals surface area contributed by atoms with Crippen LogP contribution in [0.4, 0.5) is 0 Å². The first-order chi connectivity index (χ1) is 12.6. The van der Waals surface area contributed by atoms with Gasteiger partial charge >= 0.3 is 0 Å². The van der Waals surface area contributed by atoms with Crippen molar-refractivity contribution in [3.05, 3.63) is 47.5 Å². The number of benzene rings is 1. The molecule has 0 radical (unpaired) electrons. The Kier molecular flexibility index (Phi) is 9.95. The second-order valence-electron chi connectivity index (χ2n) is 9.13. The van der Waals surface area contributed by atoms with Gasteiger partial charge in [0, 0.05) is 6.61 Å². The third-order valence-corrected chi connectivity index (χ3v) is 10.0. The van der Waals surface area contributed by atoms with E-state index in [1.807, 2.05) is 25.1 Å². The Balaban J connectivity index is 2.62. The van der Waals surface area contributed by atoms with Crippen LogP contribution in [0.5, 0.6) is 0 Å². The number of aliphatic hydroxyl groups excluding tert-OH is 1. The maximum absolute atomic E-state index is 9.36. The third-order valence-electron chi connectivity index (χ3n) is 5.52. The SMILES string of the molecule is C/C(=C/[C@@H](C)[C@@H](CCCOCc1ccccc1)O[Si](C)(C)C(C)(C)C)CO. The molecule has 0 aliphatic carbocycles. The molecule has 0 saturated carbocycles. The number of hydrogen-bond acceptors (Lipinski definition) is 3. The van der Waals surface area contributed by atoms with E-state index < -0.39 is 8.32 Å². The van der Waals surface area contributed by atoms with Crippen molar-refractivity contribution in [2.75, 3.05) is 13.2 Å². The van der Waals surface area contributed by atoms with Crippen molar-refractivity contribution in [2.24, 2.45) is 5.92 Å². The topological polar surface area (TPSA) is 38.7 Å². The first-order valence-corrected chi connectivity index (χ1v) is 13.1. The summed E-state index contributed by atoms with van der Waals surface area (Å²) < 4.78 is 12.6. The van der Waals surface area contributed by atoms with Gasteiger partial charge in [0.2, 0.25) is 0 Å². The smallest absolute Gasteiger partial charge is 0.192 e. The van der Waals surface area contributed by atoms with E-state index >= 15 is 0 Å². The van der Waals surface area contributed by atoms with E-state index in [9.17, 15) is 5.11 Å². The lowest BCUT2D eigenvalue weighted by Crippen LogP contribution is -2.45. The lowest BCUT2D eigenvalue weighted by Gasteiger charge is -2.40. The van der Waals surface area contributed by atoms with E-state index in [0.717, 1.165) is 25.0 Å². The molecule has 3 nitrogen and oxygen atoms in total. The summed E-state index contributed by atoms with van der Waals surface area (Å²) in [7, 11) is -1.85. The number of aliphatic hydroxyl groups is 1. The van der Waals surface area contributed by atoms with Crippen molar-refractivity contribution in [3.63, 3.8) is 0 Å². The fraction of sp³-hybridized carbons (Fsp3) is 0.652. The van der Waals surface area contributed by atoms with Crippen molar-refractivity contribution >= 4 is 8.32 Å². The van der Waals surface area contributed by atoms with Gasteiger partial charge in [-0.2, -0.15) is 0 Å². The minimum absolute atomic E-state index is 0.108. The molecule has 4 heteroatoms. The Hall–Kier alpha value is -0.943. The van der Waals surface area contributed by atoms with Gasteiger partial charge in [0.25, 0.3) is 0 Å². The van der Waals surface area contributed by atoms with E-state index in [0.29, 0.717) is 6.61 Å². The van der Waals surface area contributed by atoms with Crippen LogP contribution in [0.3, 0.4) is 0 Å². The summed E-state index contributed by atoms with van der Waals surface area (Å²) in [4.78, 5) is 0. The van der Waals surface area contributed by atoms with Crippen LogP contribution in [0.1, 0.15) is 53.0 Å². The highest BCUT2D eigenvalue weighted by atomic mass is 28.4. The maximum atomic E-state index is 9.36. The molecule has 1 rings (SSSR count). The van der Waals surface area contributed by atoms with E-state index in [2.05, 4.69) is 59.0 Å². The van der Waals surface area contributed by atoms with Crippen molar-refractivity contribution in [3.8, 4) is 0 Å². The van der Waals surface area contributed by atoms with Gasteiger partial charge in [-0.15, -0.1) is 0 Å². The Morgan fingerprint density at radius 1 is 1.19 bits per heavy atom. The fourth-order valence-electron chi connectivity index (χ4n) is 2.74. The maximum Gasteiger partial charge on any atom is 0.192 e. The highest BCUT2D eigenvalue weighted by Crippen LogP contribution is 2.38. The van der Waals surface area contributed by atoms with Crippen molar-refractivity contribution < 1.29 is 14.3 Å². The van der Waals surface area contributed by atoms with Gasteiger partial charge in [0.05, 0.1) is 19.3 Å². The molecule has 2 atom stereocenters. The zero-order chi connectivity index (χ0) is 20.5. The highest BCUT2D eigenvalue weighted by molar-refractivity contribution is 6.74. The minimum Gasteiger partial charge on any atom is -0.413 e. The largest absolute Gasteiger partial charge is 0.413 e. The molecule has 0 aromatic heterocycles. The van der Waals surface area contributed by atoms with Gasteiger partial charge in [-0.3, -0.25) is 0 Å². The van der Waals surface area contributed by atoms with Gasteiger partial charge in [-0.1, -0.05) is 69.7 Å². The average molecular weight is 393 g/mol. The van der Waals surface area contributed by atoms with Gasteiger partial charge < -0.3 is 14.3 Å². The molecule has 1 aromatic carbocycles. The molecule has 0 fully saturated rings. The Morgan fingerprint density at radius 3 is 2.37 bits per heavy atom. The van der Waals surface area contributed by atoms with Crippen LogP contribution in [-0.4, -0.2) is 32.7 Å². The number of ether oxygens (including phenoxy) is 1. The zero-order valence-corrected chi connectivity index (χ0v) is 19.4. The lowest BCUT2D eigenvalue weighted by atomic mass is 9.98. The van der Waals surface area contributed by atoms with Gasteiger partial charge in [0.1, 0.15) is 0 Å². The van der Waals surface area contributed by atoms with Gasteiger partial charge in [0.15, 0.2) is 8.32 Å². The normalized spacial score (nSPS) is 15.6. The van der Waals surface area contributed by atoms with E-state index in [1.165, 1.54) is 5.56 Å². The van der Waals surface area contributed by atoms with Crippen molar-refractivity contribution in [1.82, 2.24) is 0 Å². The van der Waals surface area contributed by atoms with Crippen LogP contribution in [0, 0.1) is 5.92 Å². The molecule has 0 aliphatic rings. The minimum atomic E-state index is -1.85. The molecular weight excluding hydrogens is 352 g/mol. The van der Waals surface area contributed by atoms with Crippen LogP contribution in [0.15, 0.2) is 42.0 Å². The quantitative estimate of drug-likeness (QED) is 0.287. The van der Waals surface area contributed by atoms with Crippen LogP contribution >= 0.6 is 0 Å². The molecule has 0 amide bonds. The lowest BCUT2D eigenvalue weighted by molar-refractivity contribution is 0.0892. The van der Waals surface area contributed by atoms with Crippen molar-refractivity contribution in [1.29, 1.82) is 0 Å². The third kappa shape index (κ3) is 8.73. The average Bonchev–Trinajstić information content (AvgIpc) is 2.60. The van der Waals surface area contributed by atoms with Crippen LogP contribution in [0.25, 0.3) is 0 Å². The molecule has 27 heavy (non-hydrogen) atoms. The molecular formula is C23H40O3Si. The van der Waals surface area contributed by atoms with Gasteiger partial charge in [-0.05, 0) is 49.4 Å². The molecule has 154 valence electrons. The zero-order valence-electron chi connectivity index (χ0n) is 18.4. The predicted octanol–water partition coefficient (Wildman–Crippen LogP) is 5.95. The Morgan fingerprint density at radius 2 is 1.81 bits per heavy atom. The second-order valence-corrected chi connectivity index (χ2v) is 13.9. The molecule has 0 saturated heterocycles. The van der Waals surface area contributed by atoms with Crippen LogP contribution in [-0.2, 0) is 15.8 Å². The number of rotatable bonds is 11. The summed E-state index contributed by atoms with van der Waals surface area (Å²) in [5, 5.41) is 9.55. The predicted molar refractivity (Wildman–Crippen MR) is 117 cm³/mol. The summed E-state index contributed by atoms with van der Waals surface area (Å²) in [6, 6.07) is 10.3. The van der Waals surface area contributed by atoms with Crippen LogP contribution < -0.4 is 0 Å². The second kappa shape index (κ2) is 11.2. The van der Waals surface area contributed by atoms with E-state index in [4.69, 9.17) is 9.16 Å². The molecule has 0 aliphatic heterocycles. The van der Waals surface area contributed by atoms with E-state index in [1.54, 1.807) is 0 Å². The molecule has 1 N–H and O–H groups in total. The standard InChI is InChI=1S/C23H40O3Si/c1-19(17-24)16-20(2)22(26-27(6,7)23(3,4)5)14-11-15-25-18-21-12-9-8-10-13-21/h8-10,12-13,16,20,22,24H,11,14-15,17-18H2,1-7H3/b19-16-/t20-,22-/m1/s1. The number of hydrogen-bond donors (Lipinski definition) is 1. The summed E-state index contributed by atoms with van der Waals surface area (Å²) >= 11 is 0. The fourth-order valence-corrected chi connectivity index (χ4v) is 4.19. The van der Waals surface area contributed by atoms with Crippen molar-refractivity contribution in [2.45, 2.75) is 78.3 Å². The summed E-state index contributed by atoms with van der Waals surface area (Å²) in [5.41, 5.74) is 2.22. The molecule has 0 spiro atoms. The summed E-state index contributed by atoms with van der Waals surface area (Å²) in [5.74, 6) is 0.278. The van der Waals surface area contributed by atoms with E-state index in [-0.39, 0.29) is 23.7 Å². The van der Waals surface area contributed by atoms with Gasteiger partial charge in [-0.25, -0.2) is 0 Å². The van der Waals surface area contributed by atoms with Crippen LogP contribution in [0.2, 0.25) is 18.1 Å². The molecule has 0 unspecified atom stereocenters. The highest BCUT2D eigenvalue weighted by Gasteiger charge is 2.39. The first-order valence-electron chi connectivity index (χ1n) is 10.1. The molecule has 1 aromatic rings. The molecule has 0 bridgehead atoms. The Labute approximate surface area is 167 Å². The Bertz CT molecular complexity index is 561. The monoisotopic (exact) mass is 392 g/mol.